The molecule has 2 unspecified atom stereocenters. The molecule has 0 spiro atoms. The normalized spacial score (nSPS) is 23.4. The Kier molecular flexibility index (Phi) is 4.17. The number of hydrogen-bond donors (Lipinski definition) is 1. The summed E-state index contributed by atoms with van der Waals surface area (Å²) in [5.74, 6) is 0.700. The van der Waals surface area contributed by atoms with Crippen molar-refractivity contribution in [3.8, 4) is 5.75 Å². The van der Waals surface area contributed by atoms with E-state index in [1.807, 2.05) is 0 Å². The minimum Gasteiger partial charge on any atom is -0.507 e. The standard InChI is InChI=1S/C13H15BrClNO2/c1-8-4-5-16(11(8)7-15)13(18)10-3-2-9(14)6-12(10)17/h2-3,6,8,11,17H,4-5,7H2,1H3. The fraction of sp³-hybridized carbons (Fsp3) is 0.462. The number of phenolic OH excluding ortho intramolecular Hbond substituents is 1. The molecule has 1 amide bonds. The van der Waals surface area contributed by atoms with Crippen LogP contribution in [0, 0.1) is 5.92 Å². The maximum Gasteiger partial charge on any atom is 0.257 e. The molecule has 1 aromatic rings. The Hall–Kier alpha value is -0.740. The molecule has 98 valence electrons. The topological polar surface area (TPSA) is 40.5 Å². The van der Waals surface area contributed by atoms with Crippen LogP contribution in [0.2, 0.25) is 0 Å². The average Bonchev–Trinajstić information content (AvgIpc) is 2.69. The van der Waals surface area contributed by atoms with Gasteiger partial charge >= 0.3 is 0 Å². The summed E-state index contributed by atoms with van der Waals surface area (Å²) in [5, 5.41) is 9.84. The monoisotopic (exact) mass is 331 g/mol. The molecule has 0 aromatic heterocycles. The number of nitrogens with zero attached hydrogens (tertiary/aromatic N) is 1. The third-order valence-corrected chi connectivity index (χ3v) is 4.30. The Morgan fingerprint density at radius 1 is 1.61 bits per heavy atom. The van der Waals surface area contributed by atoms with Crippen molar-refractivity contribution in [3.05, 3.63) is 28.2 Å². The van der Waals surface area contributed by atoms with Gasteiger partial charge in [-0.15, -0.1) is 11.6 Å². The van der Waals surface area contributed by atoms with E-state index >= 15 is 0 Å². The number of phenols is 1. The zero-order valence-electron chi connectivity index (χ0n) is 10.1. The number of aromatic hydroxyl groups is 1. The van der Waals surface area contributed by atoms with Crippen molar-refractivity contribution < 1.29 is 9.90 Å². The molecule has 2 atom stereocenters. The summed E-state index contributed by atoms with van der Waals surface area (Å²) in [6.07, 6.45) is 0.959. The van der Waals surface area contributed by atoms with E-state index in [0.717, 1.165) is 10.9 Å². The molecule has 1 N–H and O–H groups in total. The van der Waals surface area contributed by atoms with Gasteiger partial charge in [0, 0.05) is 22.9 Å². The van der Waals surface area contributed by atoms with Crippen LogP contribution < -0.4 is 0 Å². The van der Waals surface area contributed by atoms with E-state index < -0.39 is 0 Å². The second-order valence-corrected chi connectivity index (χ2v) is 5.87. The zero-order valence-corrected chi connectivity index (χ0v) is 12.4. The van der Waals surface area contributed by atoms with E-state index in [1.54, 1.807) is 17.0 Å². The number of carbonyl (C=O) groups excluding carboxylic acids is 1. The number of benzene rings is 1. The van der Waals surface area contributed by atoms with E-state index in [2.05, 4.69) is 22.9 Å². The lowest BCUT2D eigenvalue weighted by Crippen LogP contribution is -2.38. The van der Waals surface area contributed by atoms with Gasteiger partial charge in [0.2, 0.25) is 0 Å². The van der Waals surface area contributed by atoms with Crippen LogP contribution in [0.15, 0.2) is 22.7 Å². The van der Waals surface area contributed by atoms with E-state index in [4.69, 9.17) is 11.6 Å². The molecule has 1 fully saturated rings. The fourth-order valence-corrected chi connectivity index (χ4v) is 3.16. The summed E-state index contributed by atoms with van der Waals surface area (Å²) >= 11 is 9.19. The van der Waals surface area contributed by atoms with E-state index in [-0.39, 0.29) is 17.7 Å². The van der Waals surface area contributed by atoms with Crippen LogP contribution in [0.4, 0.5) is 0 Å². The first-order valence-corrected chi connectivity index (χ1v) is 7.22. The summed E-state index contributed by atoms with van der Waals surface area (Å²) in [6, 6.07) is 4.97. The number of hydrogen-bond acceptors (Lipinski definition) is 2. The molecule has 3 nitrogen and oxygen atoms in total. The first kappa shape index (κ1) is 13.7. The Bertz CT molecular complexity index is 466. The molecule has 2 rings (SSSR count). The van der Waals surface area contributed by atoms with Crippen molar-refractivity contribution in [1.29, 1.82) is 0 Å². The van der Waals surface area contributed by atoms with E-state index in [9.17, 15) is 9.90 Å². The Morgan fingerprint density at radius 2 is 2.33 bits per heavy atom. The molecular weight excluding hydrogens is 318 g/mol. The lowest BCUT2D eigenvalue weighted by Gasteiger charge is -2.25. The van der Waals surface area contributed by atoms with Crippen LogP contribution in [0.3, 0.4) is 0 Å². The summed E-state index contributed by atoms with van der Waals surface area (Å²) in [5.41, 5.74) is 0.336. The molecule has 1 aliphatic heterocycles. The van der Waals surface area contributed by atoms with Gasteiger partial charge in [-0.25, -0.2) is 0 Å². The lowest BCUT2D eigenvalue weighted by atomic mass is 10.0. The van der Waals surface area contributed by atoms with E-state index in [1.165, 1.54) is 6.07 Å². The van der Waals surface area contributed by atoms with Crippen molar-refractivity contribution in [1.82, 2.24) is 4.90 Å². The SMILES string of the molecule is CC1CCN(C(=O)c2ccc(Br)cc2O)C1CCl. The lowest BCUT2D eigenvalue weighted by molar-refractivity contribution is 0.0734. The van der Waals surface area contributed by atoms with Gasteiger partial charge in [0.25, 0.3) is 5.91 Å². The number of likely N-dealkylation sites (tertiary alicyclic amines) is 1. The molecule has 1 aromatic carbocycles. The van der Waals surface area contributed by atoms with Gasteiger partial charge in [0.1, 0.15) is 5.75 Å². The maximum atomic E-state index is 12.4. The Balaban J connectivity index is 2.26. The summed E-state index contributed by atoms with van der Waals surface area (Å²) in [4.78, 5) is 14.2. The smallest absolute Gasteiger partial charge is 0.257 e. The van der Waals surface area contributed by atoms with Crippen LogP contribution in [-0.2, 0) is 0 Å². The van der Waals surface area contributed by atoms with Crippen molar-refractivity contribution in [2.24, 2.45) is 5.92 Å². The van der Waals surface area contributed by atoms with Crippen molar-refractivity contribution >= 4 is 33.4 Å². The van der Waals surface area contributed by atoms with Gasteiger partial charge in [0.05, 0.1) is 5.56 Å². The number of rotatable bonds is 2. The van der Waals surface area contributed by atoms with Gasteiger partial charge < -0.3 is 10.0 Å². The third kappa shape index (κ3) is 2.50. The highest BCUT2D eigenvalue weighted by Gasteiger charge is 2.34. The fourth-order valence-electron chi connectivity index (χ4n) is 2.34. The molecule has 0 radical (unpaired) electrons. The predicted octanol–water partition coefficient (Wildman–Crippen LogP) is 3.24. The minimum absolute atomic E-state index is 0.00208. The van der Waals surface area contributed by atoms with Crippen LogP contribution in [0.25, 0.3) is 0 Å². The second kappa shape index (κ2) is 5.49. The predicted molar refractivity (Wildman–Crippen MR) is 75.1 cm³/mol. The highest BCUT2D eigenvalue weighted by atomic mass is 79.9. The van der Waals surface area contributed by atoms with Crippen molar-refractivity contribution in [3.63, 3.8) is 0 Å². The largest absolute Gasteiger partial charge is 0.507 e. The second-order valence-electron chi connectivity index (χ2n) is 4.65. The molecular formula is C13H15BrClNO2. The minimum atomic E-state index is -0.144. The molecule has 0 aliphatic carbocycles. The first-order valence-electron chi connectivity index (χ1n) is 5.90. The van der Waals surface area contributed by atoms with Crippen LogP contribution in [-0.4, -0.2) is 34.4 Å². The highest BCUT2D eigenvalue weighted by Crippen LogP contribution is 2.30. The molecule has 18 heavy (non-hydrogen) atoms. The van der Waals surface area contributed by atoms with Gasteiger partial charge in [0.15, 0.2) is 0 Å². The first-order chi connectivity index (χ1) is 8.54. The molecule has 5 heteroatoms. The molecule has 0 bridgehead atoms. The van der Waals surface area contributed by atoms with Gasteiger partial charge in [-0.05, 0) is 30.5 Å². The Morgan fingerprint density at radius 3 is 2.94 bits per heavy atom. The Labute approximate surface area is 120 Å². The van der Waals surface area contributed by atoms with Crippen LogP contribution >= 0.6 is 27.5 Å². The molecule has 0 saturated carbocycles. The average molecular weight is 333 g/mol. The zero-order chi connectivity index (χ0) is 13.3. The highest BCUT2D eigenvalue weighted by molar-refractivity contribution is 9.10. The summed E-state index contributed by atoms with van der Waals surface area (Å²) < 4.78 is 0.750. The van der Waals surface area contributed by atoms with E-state index in [0.29, 0.717) is 23.9 Å². The number of alkyl halides is 1. The van der Waals surface area contributed by atoms with Gasteiger partial charge in [-0.3, -0.25) is 4.79 Å². The number of carbonyl (C=O) groups is 1. The van der Waals surface area contributed by atoms with Crippen molar-refractivity contribution in [2.75, 3.05) is 12.4 Å². The molecule has 1 aliphatic rings. The summed E-state index contributed by atoms with van der Waals surface area (Å²) in [6.45, 7) is 2.80. The summed E-state index contributed by atoms with van der Waals surface area (Å²) in [7, 11) is 0. The number of halogens is 2. The van der Waals surface area contributed by atoms with Crippen LogP contribution in [0.1, 0.15) is 23.7 Å². The third-order valence-electron chi connectivity index (χ3n) is 3.49. The molecule has 1 saturated heterocycles. The van der Waals surface area contributed by atoms with Crippen molar-refractivity contribution in [2.45, 2.75) is 19.4 Å². The van der Waals surface area contributed by atoms with Crippen LogP contribution in [0.5, 0.6) is 5.75 Å². The van der Waals surface area contributed by atoms with Gasteiger partial charge in [-0.2, -0.15) is 0 Å². The van der Waals surface area contributed by atoms with Gasteiger partial charge in [-0.1, -0.05) is 22.9 Å². The quantitative estimate of drug-likeness (QED) is 0.845. The molecule has 1 heterocycles. The maximum absolute atomic E-state index is 12.4. The number of amides is 1.